The average molecular weight is 450 g/mol. The van der Waals surface area contributed by atoms with Crippen molar-refractivity contribution in [1.82, 2.24) is 19.6 Å². The van der Waals surface area contributed by atoms with E-state index in [-0.39, 0.29) is 5.91 Å². The molecule has 0 bridgehead atoms. The monoisotopic (exact) mass is 449 g/mol. The van der Waals surface area contributed by atoms with Gasteiger partial charge in [0.1, 0.15) is 28.4 Å². The van der Waals surface area contributed by atoms with Crippen LogP contribution in [0.5, 0.6) is 11.5 Å². The Labute approximate surface area is 190 Å². The number of para-hydroxylation sites is 1. The predicted molar refractivity (Wildman–Crippen MR) is 123 cm³/mol. The Morgan fingerprint density at radius 1 is 1.09 bits per heavy atom. The molecule has 1 amide bonds. The molecule has 0 saturated heterocycles. The van der Waals surface area contributed by atoms with Crippen molar-refractivity contribution >= 4 is 29.1 Å². The molecule has 32 heavy (non-hydrogen) atoms. The summed E-state index contributed by atoms with van der Waals surface area (Å²) >= 11 is 1.51. The van der Waals surface area contributed by atoms with Gasteiger partial charge in [0.2, 0.25) is 0 Å². The molecule has 164 valence electrons. The minimum Gasteiger partial charge on any atom is -0.496 e. The number of amides is 1. The van der Waals surface area contributed by atoms with Crippen LogP contribution in [0.25, 0.3) is 5.78 Å². The summed E-state index contributed by atoms with van der Waals surface area (Å²) in [4.78, 5) is 22.8. The first-order chi connectivity index (χ1) is 15.6. The van der Waals surface area contributed by atoms with E-state index in [2.05, 4.69) is 27.3 Å². The van der Waals surface area contributed by atoms with Crippen LogP contribution < -0.4 is 14.8 Å². The van der Waals surface area contributed by atoms with E-state index in [0.29, 0.717) is 28.5 Å². The summed E-state index contributed by atoms with van der Waals surface area (Å²) in [5.41, 5.74) is 3.00. The summed E-state index contributed by atoms with van der Waals surface area (Å²) in [6.45, 7) is 4.05. The molecule has 1 N–H and O–H groups in total. The predicted octanol–water partition coefficient (Wildman–Crippen LogP) is 4.42. The van der Waals surface area contributed by atoms with E-state index < -0.39 is 0 Å². The van der Waals surface area contributed by atoms with Crippen LogP contribution in [0.1, 0.15) is 28.5 Å². The molecule has 2 aromatic carbocycles. The summed E-state index contributed by atoms with van der Waals surface area (Å²) in [6.07, 6.45) is 2.29. The van der Waals surface area contributed by atoms with Crippen LogP contribution in [0.4, 0.5) is 5.69 Å². The van der Waals surface area contributed by atoms with Crippen LogP contribution in [-0.4, -0.2) is 39.7 Å². The lowest BCUT2D eigenvalue weighted by Gasteiger charge is -2.16. The highest BCUT2D eigenvalue weighted by Crippen LogP contribution is 2.37. The number of nitrogens with one attached hydrogen (secondary N) is 1. The molecule has 4 aromatic rings. The number of carbonyl (C=O) groups is 1. The zero-order valence-corrected chi connectivity index (χ0v) is 19.1. The standard InChI is InChI=1S/C23H23N5O3S/c1-5-15-14(2)26-23-24-13-25-28(23)22(15)32-19-12-7-6-9-16(19)27-21(29)20-17(30-3)10-8-11-18(20)31-4/h6-13H,5H2,1-4H3,(H,27,29). The number of methoxy groups -OCH3 is 2. The Balaban J connectivity index is 1.73. The zero-order valence-electron chi connectivity index (χ0n) is 18.2. The second-order valence-electron chi connectivity index (χ2n) is 6.90. The molecular weight excluding hydrogens is 426 g/mol. The highest BCUT2D eigenvalue weighted by Gasteiger charge is 2.21. The number of aryl methyl sites for hydroxylation is 1. The first kappa shape index (κ1) is 21.6. The first-order valence-corrected chi connectivity index (χ1v) is 10.9. The Kier molecular flexibility index (Phi) is 6.27. The van der Waals surface area contributed by atoms with Gasteiger partial charge in [0.25, 0.3) is 11.7 Å². The third-order valence-corrected chi connectivity index (χ3v) is 6.22. The van der Waals surface area contributed by atoms with Gasteiger partial charge in [0, 0.05) is 16.2 Å². The van der Waals surface area contributed by atoms with Crippen molar-refractivity contribution < 1.29 is 14.3 Å². The highest BCUT2D eigenvalue weighted by atomic mass is 32.2. The van der Waals surface area contributed by atoms with Gasteiger partial charge in [-0.2, -0.15) is 14.6 Å². The molecule has 0 atom stereocenters. The lowest BCUT2D eigenvalue weighted by Crippen LogP contribution is -2.15. The number of fused-ring (bicyclic) bond motifs is 1. The quantitative estimate of drug-likeness (QED) is 0.418. The third-order valence-electron chi connectivity index (χ3n) is 5.04. The molecule has 0 spiro atoms. The van der Waals surface area contributed by atoms with Gasteiger partial charge in [-0.25, -0.2) is 4.98 Å². The molecule has 2 heterocycles. The second kappa shape index (κ2) is 9.27. The largest absolute Gasteiger partial charge is 0.496 e. The van der Waals surface area contributed by atoms with Gasteiger partial charge in [-0.05, 0) is 37.6 Å². The van der Waals surface area contributed by atoms with Crippen molar-refractivity contribution in [3.8, 4) is 11.5 Å². The Hall–Kier alpha value is -3.59. The Morgan fingerprint density at radius 2 is 1.81 bits per heavy atom. The first-order valence-electron chi connectivity index (χ1n) is 10.1. The maximum atomic E-state index is 13.2. The molecule has 0 aliphatic rings. The van der Waals surface area contributed by atoms with E-state index >= 15 is 0 Å². The van der Waals surface area contributed by atoms with Crippen LogP contribution in [0.3, 0.4) is 0 Å². The van der Waals surface area contributed by atoms with Crippen molar-refractivity contribution in [2.45, 2.75) is 30.2 Å². The van der Waals surface area contributed by atoms with Crippen molar-refractivity contribution in [2.24, 2.45) is 0 Å². The molecule has 0 aliphatic heterocycles. The number of hydrogen-bond donors (Lipinski definition) is 1. The summed E-state index contributed by atoms with van der Waals surface area (Å²) < 4.78 is 12.5. The van der Waals surface area contributed by atoms with E-state index in [1.807, 2.05) is 31.2 Å². The number of hydrogen-bond acceptors (Lipinski definition) is 7. The Bertz CT molecular complexity index is 1270. The van der Waals surface area contributed by atoms with Gasteiger partial charge >= 0.3 is 0 Å². The number of ether oxygens (including phenoxy) is 2. The van der Waals surface area contributed by atoms with E-state index in [0.717, 1.165) is 27.6 Å². The maximum Gasteiger partial charge on any atom is 0.263 e. The number of carbonyl (C=O) groups excluding carboxylic acids is 1. The summed E-state index contributed by atoms with van der Waals surface area (Å²) in [7, 11) is 3.05. The molecule has 0 unspecified atom stereocenters. The minimum atomic E-state index is -0.320. The minimum absolute atomic E-state index is 0.320. The molecule has 0 saturated carbocycles. The molecule has 2 aromatic heterocycles. The maximum absolute atomic E-state index is 13.2. The number of anilines is 1. The topological polar surface area (TPSA) is 90.6 Å². The molecule has 0 fully saturated rings. The smallest absolute Gasteiger partial charge is 0.263 e. The van der Waals surface area contributed by atoms with Gasteiger partial charge in [0.15, 0.2) is 0 Å². The number of aromatic nitrogens is 4. The van der Waals surface area contributed by atoms with Crippen LogP contribution in [0.15, 0.2) is 58.7 Å². The van der Waals surface area contributed by atoms with E-state index in [1.54, 1.807) is 22.7 Å². The molecule has 0 aliphatic carbocycles. The van der Waals surface area contributed by atoms with Crippen molar-refractivity contribution in [1.29, 1.82) is 0 Å². The number of rotatable bonds is 7. The SMILES string of the molecule is CCc1c(C)nc2ncnn2c1Sc1ccccc1NC(=O)c1c(OC)cccc1OC. The molecule has 0 radical (unpaired) electrons. The van der Waals surface area contributed by atoms with Crippen molar-refractivity contribution in [3.05, 3.63) is 65.6 Å². The number of nitrogens with zero attached hydrogens (tertiary/aromatic N) is 4. The third kappa shape index (κ3) is 3.99. The molecule has 4 rings (SSSR count). The van der Waals surface area contributed by atoms with Crippen LogP contribution >= 0.6 is 11.8 Å². The lowest BCUT2D eigenvalue weighted by molar-refractivity contribution is 0.102. The fraction of sp³-hybridized carbons (Fsp3) is 0.217. The Morgan fingerprint density at radius 3 is 2.50 bits per heavy atom. The average Bonchev–Trinajstić information content (AvgIpc) is 3.27. The van der Waals surface area contributed by atoms with Gasteiger partial charge in [-0.15, -0.1) is 0 Å². The highest BCUT2D eigenvalue weighted by molar-refractivity contribution is 7.99. The van der Waals surface area contributed by atoms with Gasteiger partial charge in [-0.1, -0.05) is 36.9 Å². The van der Waals surface area contributed by atoms with Crippen LogP contribution in [0.2, 0.25) is 0 Å². The van der Waals surface area contributed by atoms with Crippen LogP contribution in [0, 0.1) is 6.92 Å². The fourth-order valence-electron chi connectivity index (χ4n) is 3.49. The van der Waals surface area contributed by atoms with Crippen molar-refractivity contribution in [2.75, 3.05) is 19.5 Å². The van der Waals surface area contributed by atoms with Gasteiger partial charge < -0.3 is 14.8 Å². The summed E-state index contributed by atoms with van der Waals surface area (Å²) in [5, 5.41) is 8.28. The van der Waals surface area contributed by atoms with Gasteiger partial charge in [0.05, 0.1) is 19.9 Å². The van der Waals surface area contributed by atoms with E-state index in [4.69, 9.17) is 9.47 Å². The van der Waals surface area contributed by atoms with E-state index in [1.165, 1.54) is 32.3 Å². The fourth-order valence-corrected chi connectivity index (χ4v) is 4.70. The molecule has 9 heteroatoms. The van der Waals surface area contributed by atoms with E-state index in [9.17, 15) is 4.79 Å². The van der Waals surface area contributed by atoms with Crippen molar-refractivity contribution in [3.63, 3.8) is 0 Å². The lowest BCUT2D eigenvalue weighted by atomic mass is 10.1. The van der Waals surface area contributed by atoms with Crippen LogP contribution in [-0.2, 0) is 6.42 Å². The zero-order chi connectivity index (χ0) is 22.7. The summed E-state index contributed by atoms with van der Waals surface area (Å²) in [5.74, 6) is 1.10. The van der Waals surface area contributed by atoms with Gasteiger partial charge in [-0.3, -0.25) is 4.79 Å². The molecule has 8 nitrogen and oxygen atoms in total. The normalized spacial score (nSPS) is 10.9. The summed E-state index contributed by atoms with van der Waals surface area (Å²) in [6, 6.07) is 12.9. The number of benzene rings is 2. The second-order valence-corrected chi connectivity index (χ2v) is 7.93. The molecular formula is C23H23N5O3S.